The van der Waals surface area contributed by atoms with E-state index in [0.29, 0.717) is 25.7 Å². The highest BCUT2D eigenvalue weighted by Gasteiger charge is 2.46. The number of ether oxygens (including phenoxy) is 1. The Balaban J connectivity index is 1.79. The summed E-state index contributed by atoms with van der Waals surface area (Å²) in [6.07, 6.45) is -1.20. The molecule has 0 bridgehead atoms. The lowest BCUT2D eigenvalue weighted by atomic mass is 9.96. The molecule has 2 aromatic rings. The first kappa shape index (κ1) is 31.0. The number of nitrogens with one attached hydrogen (secondary N) is 3. The quantitative estimate of drug-likeness (QED) is 0.293. The second kappa shape index (κ2) is 14.2. The molecule has 5 atom stereocenters. The summed E-state index contributed by atoms with van der Waals surface area (Å²) in [6.45, 7) is 4.27. The minimum Gasteiger partial charge on any atom is -0.434 e. The van der Waals surface area contributed by atoms with Gasteiger partial charge in [-0.3, -0.25) is 9.59 Å². The third-order valence-corrected chi connectivity index (χ3v) is 7.24. The first-order valence-corrected chi connectivity index (χ1v) is 13.6. The number of carbonyl (C=O) groups excluding carboxylic acids is 4. The molecule has 3 amide bonds. The van der Waals surface area contributed by atoms with E-state index in [1.165, 1.54) is 30.3 Å². The van der Waals surface area contributed by atoms with Gasteiger partial charge in [-0.2, -0.15) is 8.78 Å². The molecule has 1 fully saturated rings. The molecule has 0 saturated carbocycles. The third-order valence-electron chi connectivity index (χ3n) is 7.00. The third kappa shape index (κ3) is 8.24. The van der Waals surface area contributed by atoms with Crippen LogP contribution in [0.15, 0.2) is 54.6 Å². The van der Waals surface area contributed by atoms with Crippen LogP contribution in [0, 0.1) is 11.8 Å². The van der Waals surface area contributed by atoms with E-state index in [0.717, 1.165) is 6.07 Å². The van der Waals surface area contributed by atoms with Crippen LogP contribution >= 0.6 is 11.6 Å². The van der Waals surface area contributed by atoms with Crippen LogP contribution in [0.5, 0.6) is 0 Å². The second-order valence-electron chi connectivity index (χ2n) is 10.0. The van der Waals surface area contributed by atoms with E-state index < -0.39 is 47.6 Å². The fourth-order valence-electron chi connectivity index (χ4n) is 4.52. The monoisotopic (exact) mass is 577 g/mol. The van der Waals surface area contributed by atoms with Gasteiger partial charge in [0.25, 0.3) is 0 Å². The Morgan fingerprint density at radius 1 is 1.18 bits per heavy atom. The van der Waals surface area contributed by atoms with Gasteiger partial charge >= 0.3 is 12.0 Å². The molecule has 2 unspecified atom stereocenters. The van der Waals surface area contributed by atoms with E-state index in [1.807, 2.05) is 13.8 Å². The maximum absolute atomic E-state index is 15.7. The average Bonchev–Trinajstić information content (AvgIpc) is 3.34. The molecular weight excluding hydrogens is 544 g/mol. The van der Waals surface area contributed by atoms with Crippen molar-refractivity contribution in [1.29, 1.82) is 0 Å². The largest absolute Gasteiger partial charge is 0.434 e. The summed E-state index contributed by atoms with van der Waals surface area (Å²) < 4.78 is 36.8. The molecule has 11 heteroatoms. The highest BCUT2D eigenvalue weighted by molar-refractivity contribution is 6.30. The number of amides is 3. The van der Waals surface area contributed by atoms with Crippen LogP contribution in [0.4, 0.5) is 13.6 Å². The maximum Gasteiger partial charge on any atom is 0.408 e. The van der Waals surface area contributed by atoms with Crippen LogP contribution in [0.1, 0.15) is 56.8 Å². The summed E-state index contributed by atoms with van der Waals surface area (Å²) in [6, 6.07) is 10.5. The van der Waals surface area contributed by atoms with Crippen LogP contribution in [-0.2, 0) is 25.0 Å². The Bertz CT molecular complexity index is 1180. The van der Waals surface area contributed by atoms with E-state index in [4.69, 9.17) is 16.3 Å². The smallest absolute Gasteiger partial charge is 0.408 e. The molecule has 3 rings (SSSR count). The number of aldehydes is 1. The lowest BCUT2D eigenvalue weighted by Crippen LogP contribution is -2.51. The Hall–Kier alpha value is -3.53. The highest BCUT2D eigenvalue weighted by Crippen LogP contribution is 2.43. The summed E-state index contributed by atoms with van der Waals surface area (Å²) in [5.74, 6) is -4.97. The van der Waals surface area contributed by atoms with Crippen molar-refractivity contribution < 1.29 is 32.7 Å². The summed E-state index contributed by atoms with van der Waals surface area (Å²) >= 11 is 5.94. The number of alkyl carbamates (subject to hydrolysis) is 1. The number of benzene rings is 2. The van der Waals surface area contributed by atoms with Crippen molar-refractivity contribution in [3.63, 3.8) is 0 Å². The van der Waals surface area contributed by atoms with Gasteiger partial charge in [0, 0.05) is 23.0 Å². The Morgan fingerprint density at radius 3 is 2.50 bits per heavy atom. The molecule has 40 heavy (non-hydrogen) atoms. The van der Waals surface area contributed by atoms with Crippen molar-refractivity contribution in [2.75, 3.05) is 6.54 Å². The van der Waals surface area contributed by atoms with Gasteiger partial charge in [0.2, 0.25) is 11.8 Å². The Morgan fingerprint density at radius 2 is 1.90 bits per heavy atom. The van der Waals surface area contributed by atoms with Crippen LogP contribution in [0.25, 0.3) is 0 Å². The summed E-state index contributed by atoms with van der Waals surface area (Å²) in [7, 11) is 0. The first-order chi connectivity index (χ1) is 19.0. The molecule has 8 nitrogen and oxygen atoms in total. The lowest BCUT2D eigenvalue weighted by molar-refractivity contribution is -0.129. The molecule has 3 N–H and O–H groups in total. The van der Waals surface area contributed by atoms with Crippen molar-refractivity contribution >= 4 is 35.8 Å². The molecule has 2 aromatic carbocycles. The molecular formula is C29H34ClF2N3O5. The summed E-state index contributed by atoms with van der Waals surface area (Å²) in [5, 5.41) is 7.78. The SMILES string of the molecule is CCC(C)C[C@H](NC(=O)OC(c1ccccc1)C(F)(F)c1cccc(Cl)c1)C(=O)N[C@H](C=O)C[C@@H]1CCNC1=O. The van der Waals surface area contributed by atoms with Crippen LogP contribution in [-0.4, -0.2) is 42.8 Å². The van der Waals surface area contributed by atoms with Crippen molar-refractivity contribution in [1.82, 2.24) is 16.0 Å². The van der Waals surface area contributed by atoms with E-state index in [-0.39, 0.29) is 35.3 Å². The van der Waals surface area contributed by atoms with Gasteiger partial charge < -0.3 is 25.5 Å². The van der Waals surface area contributed by atoms with Gasteiger partial charge in [0.1, 0.15) is 12.3 Å². The van der Waals surface area contributed by atoms with E-state index in [1.54, 1.807) is 18.2 Å². The zero-order valence-electron chi connectivity index (χ0n) is 22.4. The van der Waals surface area contributed by atoms with Crippen molar-refractivity contribution in [2.24, 2.45) is 11.8 Å². The van der Waals surface area contributed by atoms with Gasteiger partial charge in [0.15, 0.2) is 6.10 Å². The predicted molar refractivity (Wildman–Crippen MR) is 146 cm³/mol. The summed E-state index contributed by atoms with van der Waals surface area (Å²) in [4.78, 5) is 49.8. The minimum absolute atomic E-state index is 0.0239. The molecule has 1 saturated heterocycles. The van der Waals surface area contributed by atoms with Crippen LogP contribution in [0.3, 0.4) is 0 Å². The van der Waals surface area contributed by atoms with E-state index >= 15 is 8.78 Å². The molecule has 1 aliphatic rings. The maximum atomic E-state index is 15.7. The van der Waals surface area contributed by atoms with Crippen molar-refractivity contribution in [3.05, 3.63) is 70.7 Å². The van der Waals surface area contributed by atoms with E-state index in [2.05, 4.69) is 16.0 Å². The Labute approximate surface area is 237 Å². The van der Waals surface area contributed by atoms with Crippen LogP contribution in [0.2, 0.25) is 5.02 Å². The van der Waals surface area contributed by atoms with Crippen molar-refractivity contribution in [3.8, 4) is 0 Å². The topological polar surface area (TPSA) is 114 Å². The van der Waals surface area contributed by atoms with Crippen molar-refractivity contribution in [2.45, 2.75) is 63.6 Å². The molecule has 0 aliphatic carbocycles. The Kier molecular flexibility index (Phi) is 11.0. The fourth-order valence-corrected chi connectivity index (χ4v) is 4.71. The zero-order valence-corrected chi connectivity index (χ0v) is 23.1. The van der Waals surface area contributed by atoms with Crippen LogP contribution < -0.4 is 16.0 Å². The number of rotatable bonds is 13. The van der Waals surface area contributed by atoms with Gasteiger partial charge in [-0.1, -0.05) is 74.3 Å². The number of hydrogen-bond donors (Lipinski definition) is 3. The molecule has 1 heterocycles. The van der Waals surface area contributed by atoms with Gasteiger partial charge in [-0.25, -0.2) is 4.79 Å². The number of halogens is 3. The molecule has 0 aromatic heterocycles. The standard InChI is InChI=1S/C29H34ClF2N3O5/c1-3-18(2)14-24(27(38)34-23(17-36)15-20-12-13-33-26(20)37)35-28(39)40-25(19-8-5-4-6-9-19)29(31,32)21-10-7-11-22(30)16-21/h4-11,16-18,20,23-25H,3,12-15H2,1-2H3,(H,33,37)(H,34,38)(H,35,39)/t18?,20-,23-,24-,25?/m0/s1. The normalized spacial score (nSPS) is 18.1. The van der Waals surface area contributed by atoms with Gasteiger partial charge in [-0.05, 0) is 42.9 Å². The predicted octanol–water partition coefficient (Wildman–Crippen LogP) is 4.91. The zero-order chi connectivity index (χ0) is 29.3. The molecule has 0 spiro atoms. The van der Waals surface area contributed by atoms with Gasteiger partial charge in [-0.15, -0.1) is 0 Å². The molecule has 1 aliphatic heterocycles. The molecule has 0 radical (unpaired) electrons. The minimum atomic E-state index is -3.66. The highest BCUT2D eigenvalue weighted by atomic mass is 35.5. The number of hydrogen-bond acceptors (Lipinski definition) is 5. The molecule has 216 valence electrons. The number of alkyl halides is 2. The lowest BCUT2D eigenvalue weighted by Gasteiger charge is -2.29. The average molecular weight is 578 g/mol. The van der Waals surface area contributed by atoms with Gasteiger partial charge in [0.05, 0.1) is 6.04 Å². The second-order valence-corrected chi connectivity index (χ2v) is 10.5. The van der Waals surface area contributed by atoms with E-state index in [9.17, 15) is 19.2 Å². The summed E-state index contributed by atoms with van der Waals surface area (Å²) in [5.41, 5.74) is -0.401. The number of carbonyl (C=O) groups is 4. The fraction of sp³-hybridized carbons (Fsp3) is 0.448. The first-order valence-electron chi connectivity index (χ1n) is 13.2.